The van der Waals surface area contributed by atoms with Crippen molar-refractivity contribution < 1.29 is 19.6 Å². The number of nitrogens with zero attached hydrogens (tertiary/aromatic N) is 3. The van der Waals surface area contributed by atoms with Crippen molar-refractivity contribution in [3.63, 3.8) is 0 Å². The molecule has 2 atom stereocenters. The van der Waals surface area contributed by atoms with Gasteiger partial charge in [0.1, 0.15) is 12.2 Å². The van der Waals surface area contributed by atoms with Crippen molar-refractivity contribution in [1.29, 1.82) is 0 Å². The molecule has 0 radical (unpaired) electrons. The monoisotopic (exact) mass is 396 g/mol. The van der Waals surface area contributed by atoms with Crippen molar-refractivity contribution in [2.75, 3.05) is 0 Å². The summed E-state index contributed by atoms with van der Waals surface area (Å²) in [6, 6.07) is 14.2. The molecule has 29 heavy (non-hydrogen) atoms. The van der Waals surface area contributed by atoms with E-state index in [2.05, 4.69) is 10.4 Å². The number of hydrogen-bond acceptors (Lipinski definition) is 6. The summed E-state index contributed by atoms with van der Waals surface area (Å²) in [6.07, 6.45) is -0.185. The average Bonchev–Trinajstić information content (AvgIpc) is 3.12. The molecule has 9 nitrogen and oxygen atoms in total. The van der Waals surface area contributed by atoms with Gasteiger partial charge in [0, 0.05) is 31.0 Å². The molecule has 0 saturated heterocycles. The van der Waals surface area contributed by atoms with Gasteiger partial charge in [-0.2, -0.15) is 5.10 Å². The number of carboxylic acids is 1. The van der Waals surface area contributed by atoms with Gasteiger partial charge in [-0.15, -0.1) is 0 Å². The number of nitro groups is 1. The zero-order valence-electron chi connectivity index (χ0n) is 15.7. The van der Waals surface area contributed by atoms with Crippen molar-refractivity contribution in [3.8, 4) is 0 Å². The predicted octanol–water partition coefficient (Wildman–Crippen LogP) is 2.16. The zero-order valence-corrected chi connectivity index (χ0v) is 15.7. The summed E-state index contributed by atoms with van der Waals surface area (Å²) in [7, 11) is 0. The summed E-state index contributed by atoms with van der Waals surface area (Å²) in [5, 5.41) is 29.1. The first-order valence-electron chi connectivity index (χ1n) is 9.00. The molecule has 0 bridgehead atoms. The number of aliphatic carboxylic acids is 1. The standard InChI is InChI=1S/C20H20N4O5/c1-13(25)23-19(21-18(20(26)27)10-14-6-3-2-4-7-14)12-17(22-23)15-8-5-9-16(11-15)24(28)29/h2-9,11,18-19,21H,10,12H2,1H3,(H,26,27). The lowest BCUT2D eigenvalue weighted by atomic mass is 10.0. The highest BCUT2D eigenvalue weighted by Crippen LogP contribution is 2.22. The molecular weight excluding hydrogens is 376 g/mol. The van der Waals surface area contributed by atoms with Crippen molar-refractivity contribution >= 4 is 23.3 Å². The van der Waals surface area contributed by atoms with Gasteiger partial charge in [-0.25, -0.2) is 5.01 Å². The van der Waals surface area contributed by atoms with Gasteiger partial charge in [0.15, 0.2) is 0 Å². The van der Waals surface area contributed by atoms with Crippen LogP contribution >= 0.6 is 0 Å². The maximum absolute atomic E-state index is 12.0. The molecule has 0 aliphatic carbocycles. The van der Waals surface area contributed by atoms with E-state index in [0.717, 1.165) is 5.56 Å². The number of carbonyl (C=O) groups is 2. The molecule has 1 heterocycles. The lowest BCUT2D eigenvalue weighted by molar-refractivity contribution is -0.384. The number of amides is 1. The Morgan fingerprint density at radius 3 is 2.62 bits per heavy atom. The maximum Gasteiger partial charge on any atom is 0.321 e. The van der Waals surface area contributed by atoms with E-state index in [9.17, 15) is 24.8 Å². The third kappa shape index (κ3) is 4.82. The van der Waals surface area contributed by atoms with Crippen LogP contribution in [0, 0.1) is 10.1 Å². The average molecular weight is 396 g/mol. The van der Waals surface area contributed by atoms with Crippen molar-refractivity contribution in [2.45, 2.75) is 32.0 Å². The molecule has 2 aromatic rings. The lowest BCUT2D eigenvalue weighted by Crippen LogP contribution is -2.51. The molecular formula is C20H20N4O5. The van der Waals surface area contributed by atoms with Gasteiger partial charge in [-0.3, -0.25) is 25.0 Å². The van der Waals surface area contributed by atoms with Gasteiger partial charge in [-0.1, -0.05) is 42.5 Å². The van der Waals surface area contributed by atoms with E-state index in [4.69, 9.17) is 0 Å². The normalized spacial score (nSPS) is 16.9. The fourth-order valence-electron chi connectivity index (χ4n) is 3.20. The molecule has 2 N–H and O–H groups in total. The van der Waals surface area contributed by atoms with Gasteiger partial charge in [0.25, 0.3) is 5.69 Å². The van der Waals surface area contributed by atoms with E-state index >= 15 is 0 Å². The number of nitrogens with one attached hydrogen (secondary N) is 1. The number of benzene rings is 2. The second kappa shape index (κ2) is 8.61. The second-order valence-corrected chi connectivity index (χ2v) is 6.68. The fraction of sp³-hybridized carbons (Fsp3) is 0.250. The van der Waals surface area contributed by atoms with Gasteiger partial charge in [0.2, 0.25) is 5.91 Å². The van der Waals surface area contributed by atoms with Crippen LogP contribution in [0.25, 0.3) is 0 Å². The Bertz CT molecular complexity index is 960. The summed E-state index contributed by atoms with van der Waals surface area (Å²) < 4.78 is 0. The molecule has 0 fully saturated rings. The van der Waals surface area contributed by atoms with E-state index in [1.807, 2.05) is 30.3 Å². The molecule has 2 aromatic carbocycles. The van der Waals surface area contributed by atoms with Crippen LogP contribution in [0.3, 0.4) is 0 Å². The SMILES string of the molecule is CC(=O)N1N=C(c2cccc([N+](=O)[O-])c2)CC1NC(Cc1ccccc1)C(=O)O. The van der Waals surface area contributed by atoms with Crippen LogP contribution in [0.4, 0.5) is 5.69 Å². The Hall–Kier alpha value is -3.59. The van der Waals surface area contributed by atoms with Crippen molar-refractivity contribution in [3.05, 3.63) is 75.8 Å². The highest BCUT2D eigenvalue weighted by Gasteiger charge is 2.33. The van der Waals surface area contributed by atoms with E-state index in [0.29, 0.717) is 11.3 Å². The quantitative estimate of drug-likeness (QED) is 0.546. The third-order valence-electron chi connectivity index (χ3n) is 4.60. The first kappa shape index (κ1) is 20.2. The Kier molecular flexibility index (Phi) is 5.99. The molecule has 0 aromatic heterocycles. The Morgan fingerprint density at radius 2 is 2.00 bits per heavy atom. The Labute approximate surface area is 166 Å². The minimum Gasteiger partial charge on any atom is -0.480 e. The van der Waals surface area contributed by atoms with Crippen LogP contribution in [0.5, 0.6) is 0 Å². The van der Waals surface area contributed by atoms with Crippen LogP contribution in [-0.4, -0.2) is 44.8 Å². The van der Waals surface area contributed by atoms with Gasteiger partial charge >= 0.3 is 5.97 Å². The highest BCUT2D eigenvalue weighted by molar-refractivity contribution is 6.03. The molecule has 1 amide bonds. The number of hydrogen-bond donors (Lipinski definition) is 2. The molecule has 1 aliphatic heterocycles. The van der Waals surface area contributed by atoms with Crippen LogP contribution in [0.2, 0.25) is 0 Å². The molecule has 0 spiro atoms. The zero-order chi connectivity index (χ0) is 21.0. The van der Waals surface area contributed by atoms with Crippen molar-refractivity contribution in [2.24, 2.45) is 5.10 Å². The molecule has 1 aliphatic rings. The Morgan fingerprint density at radius 1 is 1.28 bits per heavy atom. The summed E-state index contributed by atoms with van der Waals surface area (Å²) >= 11 is 0. The summed E-state index contributed by atoms with van der Waals surface area (Å²) in [4.78, 5) is 34.3. The molecule has 3 rings (SSSR count). The number of rotatable bonds is 7. The van der Waals surface area contributed by atoms with E-state index < -0.39 is 23.1 Å². The van der Waals surface area contributed by atoms with E-state index in [1.54, 1.807) is 12.1 Å². The largest absolute Gasteiger partial charge is 0.480 e. The van der Waals surface area contributed by atoms with Gasteiger partial charge in [-0.05, 0) is 12.0 Å². The number of nitro benzene ring substituents is 1. The first-order chi connectivity index (χ1) is 13.8. The minimum atomic E-state index is -1.04. The second-order valence-electron chi connectivity index (χ2n) is 6.68. The minimum absolute atomic E-state index is 0.0801. The fourth-order valence-corrected chi connectivity index (χ4v) is 3.20. The first-order valence-corrected chi connectivity index (χ1v) is 9.00. The number of hydrazone groups is 1. The number of carboxylic acid groups (broad SMARTS) is 1. The van der Waals surface area contributed by atoms with Crippen LogP contribution in [-0.2, 0) is 16.0 Å². The Balaban J connectivity index is 1.80. The summed E-state index contributed by atoms with van der Waals surface area (Å²) in [6.45, 7) is 1.33. The molecule has 150 valence electrons. The van der Waals surface area contributed by atoms with E-state index in [1.165, 1.54) is 24.1 Å². The highest BCUT2D eigenvalue weighted by atomic mass is 16.6. The molecule has 9 heteroatoms. The molecule has 0 saturated carbocycles. The van der Waals surface area contributed by atoms with Crippen LogP contribution in [0.1, 0.15) is 24.5 Å². The number of carbonyl (C=O) groups excluding carboxylic acids is 1. The molecule has 2 unspecified atom stereocenters. The van der Waals surface area contributed by atoms with E-state index in [-0.39, 0.29) is 24.4 Å². The maximum atomic E-state index is 12.0. The number of non-ortho nitro benzene ring substituents is 1. The predicted molar refractivity (Wildman–Crippen MR) is 105 cm³/mol. The smallest absolute Gasteiger partial charge is 0.321 e. The lowest BCUT2D eigenvalue weighted by Gasteiger charge is -2.25. The summed E-state index contributed by atoms with van der Waals surface area (Å²) in [5.41, 5.74) is 1.76. The van der Waals surface area contributed by atoms with Crippen LogP contribution in [0.15, 0.2) is 59.7 Å². The summed E-state index contributed by atoms with van der Waals surface area (Å²) in [5.74, 6) is -1.40. The van der Waals surface area contributed by atoms with Gasteiger partial charge < -0.3 is 5.11 Å². The van der Waals surface area contributed by atoms with Gasteiger partial charge in [0.05, 0.1) is 10.6 Å². The van der Waals surface area contributed by atoms with Crippen LogP contribution < -0.4 is 5.32 Å². The van der Waals surface area contributed by atoms with Crippen molar-refractivity contribution in [1.82, 2.24) is 10.3 Å². The third-order valence-corrected chi connectivity index (χ3v) is 4.60. The topological polar surface area (TPSA) is 125 Å².